The van der Waals surface area contributed by atoms with Gasteiger partial charge in [0, 0.05) is 20.9 Å². The molecule has 0 aliphatic carbocycles. The lowest BCUT2D eigenvalue weighted by molar-refractivity contribution is 0.451. The number of alkyl halides is 1. The number of hydrogen-bond donors (Lipinski definition) is 0. The van der Waals surface area contributed by atoms with Crippen LogP contribution < -0.4 is 4.74 Å². The van der Waals surface area contributed by atoms with Gasteiger partial charge in [-0.3, -0.25) is 0 Å². The molecular formula is C18H20Br2O. The first kappa shape index (κ1) is 16.6. The van der Waals surface area contributed by atoms with Gasteiger partial charge in [-0.15, -0.1) is 0 Å². The molecule has 3 heteroatoms. The Balaban J connectivity index is 2.49. The summed E-state index contributed by atoms with van der Waals surface area (Å²) in [5.41, 5.74) is 3.60. The summed E-state index contributed by atoms with van der Waals surface area (Å²) in [4.78, 5) is 0. The lowest BCUT2D eigenvalue weighted by Gasteiger charge is -2.23. The second kappa shape index (κ2) is 6.53. The Morgan fingerprint density at radius 2 is 1.71 bits per heavy atom. The standard InChI is InChI=1S/C18H20Br2O/c1-12-5-8-15(18(2,3)4)17(9-12)21-16-10-14(20)7-6-13(16)11-19/h5-10H,11H2,1-4H3. The lowest BCUT2D eigenvalue weighted by atomic mass is 9.86. The first-order valence-corrected chi connectivity index (χ1v) is 8.86. The van der Waals surface area contributed by atoms with Crippen LogP contribution in [0.2, 0.25) is 0 Å². The SMILES string of the molecule is Cc1ccc(C(C)(C)C)c(Oc2cc(Br)ccc2CBr)c1. The van der Waals surface area contributed by atoms with E-state index in [1.165, 1.54) is 11.1 Å². The molecular weight excluding hydrogens is 392 g/mol. The van der Waals surface area contributed by atoms with Crippen molar-refractivity contribution in [3.8, 4) is 11.5 Å². The maximum atomic E-state index is 6.26. The third-order valence-corrected chi connectivity index (χ3v) is 4.44. The van der Waals surface area contributed by atoms with Gasteiger partial charge in [-0.1, -0.05) is 70.8 Å². The fourth-order valence-electron chi connectivity index (χ4n) is 2.19. The molecule has 0 unspecified atom stereocenters. The molecule has 0 saturated carbocycles. The summed E-state index contributed by atoms with van der Waals surface area (Å²) in [7, 11) is 0. The molecule has 0 saturated heterocycles. The number of rotatable bonds is 3. The van der Waals surface area contributed by atoms with E-state index in [9.17, 15) is 0 Å². The second-order valence-electron chi connectivity index (χ2n) is 6.24. The van der Waals surface area contributed by atoms with Crippen LogP contribution in [0.1, 0.15) is 37.5 Å². The van der Waals surface area contributed by atoms with Crippen LogP contribution in [0.15, 0.2) is 40.9 Å². The number of hydrogen-bond acceptors (Lipinski definition) is 1. The molecule has 2 rings (SSSR count). The molecule has 0 aromatic heterocycles. The van der Waals surface area contributed by atoms with E-state index in [-0.39, 0.29) is 5.41 Å². The van der Waals surface area contributed by atoms with Gasteiger partial charge in [0.15, 0.2) is 0 Å². The van der Waals surface area contributed by atoms with Crippen LogP contribution in [0, 0.1) is 6.92 Å². The minimum atomic E-state index is 0.0452. The van der Waals surface area contributed by atoms with Crippen molar-refractivity contribution in [1.82, 2.24) is 0 Å². The maximum absolute atomic E-state index is 6.26. The predicted molar refractivity (Wildman–Crippen MR) is 96.7 cm³/mol. The Labute approximate surface area is 144 Å². The average Bonchev–Trinajstić information content (AvgIpc) is 2.37. The average molecular weight is 412 g/mol. The van der Waals surface area contributed by atoms with E-state index in [2.05, 4.69) is 83.8 Å². The summed E-state index contributed by atoms with van der Waals surface area (Å²) in [5, 5.41) is 0.770. The van der Waals surface area contributed by atoms with E-state index >= 15 is 0 Å². The molecule has 2 aromatic rings. The second-order valence-corrected chi connectivity index (χ2v) is 7.71. The van der Waals surface area contributed by atoms with Crippen LogP contribution in [0.4, 0.5) is 0 Å². The maximum Gasteiger partial charge on any atom is 0.132 e. The third-order valence-electron chi connectivity index (χ3n) is 3.34. The van der Waals surface area contributed by atoms with Crippen molar-refractivity contribution in [3.05, 3.63) is 57.6 Å². The molecule has 0 radical (unpaired) electrons. The normalized spacial score (nSPS) is 11.5. The van der Waals surface area contributed by atoms with E-state index in [0.717, 1.165) is 26.9 Å². The lowest BCUT2D eigenvalue weighted by Crippen LogP contribution is -2.12. The zero-order chi connectivity index (χ0) is 15.6. The molecule has 112 valence electrons. The quantitative estimate of drug-likeness (QED) is 0.508. The van der Waals surface area contributed by atoms with Crippen molar-refractivity contribution in [3.63, 3.8) is 0 Å². The number of aryl methyl sites for hydroxylation is 1. The van der Waals surface area contributed by atoms with Crippen molar-refractivity contribution in [2.24, 2.45) is 0 Å². The van der Waals surface area contributed by atoms with Crippen molar-refractivity contribution < 1.29 is 4.74 Å². The van der Waals surface area contributed by atoms with E-state index in [1.807, 2.05) is 12.1 Å². The van der Waals surface area contributed by atoms with Crippen LogP contribution in [0.25, 0.3) is 0 Å². The summed E-state index contributed by atoms with van der Waals surface area (Å²) in [6.45, 7) is 8.70. The van der Waals surface area contributed by atoms with Gasteiger partial charge in [0.25, 0.3) is 0 Å². The highest BCUT2D eigenvalue weighted by molar-refractivity contribution is 9.10. The number of ether oxygens (including phenoxy) is 1. The van der Waals surface area contributed by atoms with Crippen LogP contribution in [0.3, 0.4) is 0 Å². The molecule has 2 aromatic carbocycles. The van der Waals surface area contributed by atoms with Crippen LogP contribution in [0.5, 0.6) is 11.5 Å². The third kappa shape index (κ3) is 4.10. The Bertz CT molecular complexity index is 642. The van der Waals surface area contributed by atoms with Crippen LogP contribution in [-0.2, 0) is 10.7 Å². The summed E-state index contributed by atoms with van der Waals surface area (Å²) in [6, 6.07) is 12.5. The van der Waals surface area contributed by atoms with E-state index in [4.69, 9.17) is 4.74 Å². The number of benzene rings is 2. The van der Waals surface area contributed by atoms with Crippen LogP contribution in [-0.4, -0.2) is 0 Å². The van der Waals surface area contributed by atoms with Crippen molar-refractivity contribution in [2.45, 2.75) is 38.4 Å². The predicted octanol–water partition coefficient (Wildman–Crippen LogP) is 6.74. The van der Waals surface area contributed by atoms with E-state index < -0.39 is 0 Å². The molecule has 0 heterocycles. The molecule has 0 spiro atoms. The Morgan fingerprint density at radius 1 is 1.00 bits per heavy atom. The summed E-state index contributed by atoms with van der Waals surface area (Å²) < 4.78 is 7.28. The monoisotopic (exact) mass is 410 g/mol. The molecule has 0 atom stereocenters. The van der Waals surface area contributed by atoms with Gasteiger partial charge in [-0.05, 0) is 36.1 Å². The number of halogens is 2. The molecule has 1 nitrogen and oxygen atoms in total. The van der Waals surface area contributed by atoms with E-state index in [1.54, 1.807) is 0 Å². The molecule has 0 N–H and O–H groups in total. The van der Waals surface area contributed by atoms with Crippen LogP contribution >= 0.6 is 31.9 Å². The van der Waals surface area contributed by atoms with Crippen molar-refractivity contribution in [2.75, 3.05) is 0 Å². The molecule has 21 heavy (non-hydrogen) atoms. The highest BCUT2D eigenvalue weighted by atomic mass is 79.9. The molecule has 0 fully saturated rings. The topological polar surface area (TPSA) is 9.23 Å². The largest absolute Gasteiger partial charge is 0.457 e. The fraction of sp³-hybridized carbons (Fsp3) is 0.333. The molecule has 0 amide bonds. The van der Waals surface area contributed by atoms with E-state index in [0.29, 0.717) is 0 Å². The molecule has 0 aliphatic rings. The van der Waals surface area contributed by atoms with Crippen molar-refractivity contribution in [1.29, 1.82) is 0 Å². The Hall–Kier alpha value is -0.800. The fourth-order valence-corrected chi connectivity index (χ4v) is 2.99. The van der Waals surface area contributed by atoms with Gasteiger partial charge in [-0.25, -0.2) is 0 Å². The first-order chi connectivity index (χ1) is 9.81. The molecule has 0 aliphatic heterocycles. The van der Waals surface area contributed by atoms with Gasteiger partial charge in [-0.2, -0.15) is 0 Å². The summed E-state index contributed by atoms with van der Waals surface area (Å²) in [6.07, 6.45) is 0. The highest BCUT2D eigenvalue weighted by Crippen LogP contribution is 2.37. The molecule has 0 bridgehead atoms. The smallest absolute Gasteiger partial charge is 0.132 e. The summed E-state index contributed by atoms with van der Waals surface area (Å²) in [5.74, 6) is 1.82. The van der Waals surface area contributed by atoms with Gasteiger partial charge in [0.05, 0.1) is 0 Å². The first-order valence-electron chi connectivity index (χ1n) is 6.94. The Morgan fingerprint density at radius 3 is 2.33 bits per heavy atom. The summed E-state index contributed by atoms with van der Waals surface area (Å²) >= 11 is 7.04. The minimum absolute atomic E-state index is 0.0452. The highest BCUT2D eigenvalue weighted by Gasteiger charge is 2.20. The minimum Gasteiger partial charge on any atom is -0.457 e. The zero-order valence-electron chi connectivity index (χ0n) is 12.8. The van der Waals surface area contributed by atoms with Gasteiger partial charge in [0.1, 0.15) is 11.5 Å². The van der Waals surface area contributed by atoms with Crippen molar-refractivity contribution >= 4 is 31.9 Å². The zero-order valence-corrected chi connectivity index (χ0v) is 16.0. The van der Waals surface area contributed by atoms with Gasteiger partial charge in [0.2, 0.25) is 0 Å². The van der Waals surface area contributed by atoms with Gasteiger partial charge >= 0.3 is 0 Å². The van der Waals surface area contributed by atoms with Gasteiger partial charge < -0.3 is 4.74 Å². The Kier molecular flexibility index (Phi) is 5.15.